The van der Waals surface area contributed by atoms with Crippen molar-refractivity contribution < 1.29 is 9.59 Å². The Morgan fingerprint density at radius 2 is 1.82 bits per heavy atom. The van der Waals surface area contributed by atoms with Gasteiger partial charge in [-0.05, 0) is 30.2 Å². The first-order valence-corrected chi connectivity index (χ1v) is 9.12. The topological polar surface area (TPSA) is 88.9 Å². The van der Waals surface area contributed by atoms with Crippen molar-refractivity contribution in [2.45, 2.75) is 26.4 Å². The van der Waals surface area contributed by atoms with E-state index in [-0.39, 0.29) is 18.2 Å². The van der Waals surface area contributed by atoms with E-state index >= 15 is 0 Å². The highest BCUT2D eigenvalue weighted by atomic mass is 16.2. The Balaban J connectivity index is 1.37. The standard InChI is InChI=1S/C21H23N5O2/c1-16-3-2-4-19(11-16)21(28)23-10-9-20(27)24-12-17-5-7-18(8-6-17)13-26-15-22-14-25-26/h2-8,11,14-15H,9-10,12-13H2,1H3,(H,23,28)(H,24,27). The smallest absolute Gasteiger partial charge is 0.251 e. The first-order valence-electron chi connectivity index (χ1n) is 9.12. The van der Waals surface area contributed by atoms with Crippen LogP contribution in [0.1, 0.15) is 33.5 Å². The van der Waals surface area contributed by atoms with Crippen LogP contribution in [0.25, 0.3) is 0 Å². The Hall–Kier alpha value is -3.48. The van der Waals surface area contributed by atoms with E-state index in [9.17, 15) is 9.59 Å². The van der Waals surface area contributed by atoms with Crippen LogP contribution in [0.15, 0.2) is 61.2 Å². The second kappa shape index (κ2) is 9.45. The number of nitrogens with zero attached hydrogens (tertiary/aromatic N) is 3. The highest BCUT2D eigenvalue weighted by Crippen LogP contribution is 2.06. The SMILES string of the molecule is Cc1cccc(C(=O)NCCC(=O)NCc2ccc(Cn3cncn3)cc2)c1. The molecule has 7 nitrogen and oxygen atoms in total. The van der Waals surface area contributed by atoms with Gasteiger partial charge in [-0.1, -0.05) is 42.0 Å². The summed E-state index contributed by atoms with van der Waals surface area (Å²) >= 11 is 0. The predicted octanol–water partition coefficient (Wildman–Crippen LogP) is 2.07. The molecule has 3 aromatic rings. The maximum atomic E-state index is 12.1. The van der Waals surface area contributed by atoms with Crippen LogP contribution in [0.3, 0.4) is 0 Å². The molecule has 2 N–H and O–H groups in total. The van der Waals surface area contributed by atoms with Crippen LogP contribution in [0.2, 0.25) is 0 Å². The Kier molecular flexibility index (Phi) is 6.51. The van der Waals surface area contributed by atoms with Gasteiger partial charge in [-0.25, -0.2) is 9.67 Å². The number of aromatic nitrogens is 3. The van der Waals surface area contributed by atoms with E-state index in [0.29, 0.717) is 25.2 Å². The molecule has 2 amide bonds. The van der Waals surface area contributed by atoms with Crippen LogP contribution in [-0.4, -0.2) is 33.1 Å². The largest absolute Gasteiger partial charge is 0.352 e. The van der Waals surface area contributed by atoms with Gasteiger partial charge in [0.05, 0.1) is 6.54 Å². The van der Waals surface area contributed by atoms with E-state index in [1.54, 1.807) is 17.1 Å². The molecule has 7 heteroatoms. The molecule has 0 saturated heterocycles. The highest BCUT2D eigenvalue weighted by molar-refractivity contribution is 5.94. The minimum absolute atomic E-state index is 0.101. The van der Waals surface area contributed by atoms with Crippen molar-refractivity contribution in [3.8, 4) is 0 Å². The molecular weight excluding hydrogens is 354 g/mol. The van der Waals surface area contributed by atoms with Gasteiger partial charge in [0.15, 0.2) is 0 Å². The lowest BCUT2D eigenvalue weighted by molar-refractivity contribution is -0.121. The van der Waals surface area contributed by atoms with E-state index in [0.717, 1.165) is 16.7 Å². The summed E-state index contributed by atoms with van der Waals surface area (Å²) in [6.07, 6.45) is 3.42. The first-order chi connectivity index (χ1) is 13.6. The fourth-order valence-corrected chi connectivity index (χ4v) is 2.73. The van der Waals surface area contributed by atoms with E-state index in [4.69, 9.17) is 0 Å². The number of carbonyl (C=O) groups excluding carboxylic acids is 2. The van der Waals surface area contributed by atoms with Gasteiger partial charge in [0.25, 0.3) is 5.91 Å². The van der Waals surface area contributed by atoms with Gasteiger partial charge in [-0.3, -0.25) is 9.59 Å². The molecule has 144 valence electrons. The lowest BCUT2D eigenvalue weighted by Gasteiger charge is -2.08. The highest BCUT2D eigenvalue weighted by Gasteiger charge is 2.07. The van der Waals surface area contributed by atoms with Gasteiger partial charge in [0.2, 0.25) is 5.91 Å². The lowest BCUT2D eigenvalue weighted by Crippen LogP contribution is -2.30. The normalized spacial score (nSPS) is 10.5. The number of aryl methyl sites for hydroxylation is 1. The number of benzene rings is 2. The molecule has 0 spiro atoms. The minimum atomic E-state index is -0.167. The zero-order valence-electron chi connectivity index (χ0n) is 15.8. The molecule has 0 bridgehead atoms. The maximum absolute atomic E-state index is 12.1. The van der Waals surface area contributed by atoms with Gasteiger partial charge >= 0.3 is 0 Å². The van der Waals surface area contributed by atoms with Crippen LogP contribution < -0.4 is 10.6 Å². The molecule has 2 aromatic carbocycles. The third-order valence-electron chi connectivity index (χ3n) is 4.24. The summed E-state index contributed by atoms with van der Waals surface area (Å²) in [7, 11) is 0. The van der Waals surface area contributed by atoms with Gasteiger partial charge in [0, 0.05) is 25.1 Å². The summed E-state index contributed by atoms with van der Waals surface area (Å²) in [4.78, 5) is 28.0. The Bertz CT molecular complexity index is 920. The second-order valence-electron chi connectivity index (χ2n) is 6.56. The van der Waals surface area contributed by atoms with Crippen LogP contribution in [-0.2, 0) is 17.9 Å². The molecule has 0 atom stereocenters. The van der Waals surface area contributed by atoms with Crippen molar-refractivity contribution in [1.82, 2.24) is 25.4 Å². The van der Waals surface area contributed by atoms with E-state index < -0.39 is 0 Å². The second-order valence-corrected chi connectivity index (χ2v) is 6.56. The van der Waals surface area contributed by atoms with Gasteiger partial charge in [-0.2, -0.15) is 5.10 Å². The fraction of sp³-hybridized carbons (Fsp3) is 0.238. The molecule has 0 aliphatic heterocycles. The zero-order chi connectivity index (χ0) is 19.8. The van der Waals surface area contributed by atoms with Crippen LogP contribution in [0.5, 0.6) is 0 Å². The summed E-state index contributed by atoms with van der Waals surface area (Å²) in [5.41, 5.74) is 3.75. The molecular formula is C21H23N5O2. The summed E-state index contributed by atoms with van der Waals surface area (Å²) < 4.78 is 1.75. The zero-order valence-corrected chi connectivity index (χ0v) is 15.8. The molecule has 3 rings (SSSR count). The molecule has 0 aliphatic carbocycles. The van der Waals surface area contributed by atoms with Crippen molar-refractivity contribution in [2.75, 3.05) is 6.54 Å². The molecule has 1 heterocycles. The molecule has 1 aromatic heterocycles. The molecule has 0 fully saturated rings. The quantitative estimate of drug-likeness (QED) is 0.629. The Labute approximate surface area is 163 Å². The van der Waals surface area contributed by atoms with Crippen molar-refractivity contribution >= 4 is 11.8 Å². The summed E-state index contributed by atoms with van der Waals surface area (Å²) in [6.45, 7) is 3.35. The van der Waals surface area contributed by atoms with Crippen LogP contribution in [0, 0.1) is 6.92 Å². The Morgan fingerprint density at radius 1 is 1.04 bits per heavy atom. The maximum Gasteiger partial charge on any atom is 0.251 e. The third-order valence-corrected chi connectivity index (χ3v) is 4.24. The number of hydrogen-bond donors (Lipinski definition) is 2. The minimum Gasteiger partial charge on any atom is -0.352 e. The molecule has 0 saturated carbocycles. The van der Waals surface area contributed by atoms with Gasteiger partial charge in [-0.15, -0.1) is 0 Å². The molecule has 0 radical (unpaired) electrons. The van der Waals surface area contributed by atoms with E-state index in [2.05, 4.69) is 20.7 Å². The first kappa shape index (κ1) is 19.3. The van der Waals surface area contributed by atoms with E-state index in [1.807, 2.05) is 49.4 Å². The molecule has 0 aliphatic rings. The van der Waals surface area contributed by atoms with Crippen molar-refractivity contribution in [3.05, 3.63) is 83.4 Å². The summed E-state index contributed by atoms with van der Waals surface area (Å²) in [5, 5.41) is 9.72. The number of amides is 2. The predicted molar refractivity (Wildman–Crippen MR) is 106 cm³/mol. The number of carbonyl (C=O) groups is 2. The summed E-state index contributed by atoms with van der Waals surface area (Å²) in [5.74, 6) is -0.268. The van der Waals surface area contributed by atoms with Crippen molar-refractivity contribution in [1.29, 1.82) is 0 Å². The Morgan fingerprint density at radius 3 is 2.54 bits per heavy atom. The average Bonchev–Trinajstić information content (AvgIpc) is 3.20. The van der Waals surface area contributed by atoms with Crippen molar-refractivity contribution in [2.24, 2.45) is 0 Å². The van der Waals surface area contributed by atoms with Gasteiger partial charge in [0.1, 0.15) is 12.7 Å². The number of hydrogen-bond acceptors (Lipinski definition) is 4. The van der Waals surface area contributed by atoms with Crippen LogP contribution >= 0.6 is 0 Å². The number of rotatable bonds is 8. The van der Waals surface area contributed by atoms with Gasteiger partial charge < -0.3 is 10.6 Å². The fourth-order valence-electron chi connectivity index (χ4n) is 2.73. The molecule has 28 heavy (non-hydrogen) atoms. The van der Waals surface area contributed by atoms with Crippen LogP contribution in [0.4, 0.5) is 0 Å². The molecule has 0 unspecified atom stereocenters. The average molecular weight is 377 g/mol. The van der Waals surface area contributed by atoms with Crippen molar-refractivity contribution in [3.63, 3.8) is 0 Å². The summed E-state index contributed by atoms with van der Waals surface area (Å²) in [6, 6.07) is 15.3. The third kappa shape index (κ3) is 5.77. The van der Waals surface area contributed by atoms with E-state index in [1.165, 1.54) is 6.33 Å². The number of nitrogens with one attached hydrogen (secondary N) is 2. The lowest BCUT2D eigenvalue weighted by atomic mass is 10.1. The monoisotopic (exact) mass is 377 g/mol.